The Labute approximate surface area is 156 Å². The Morgan fingerprint density at radius 1 is 1.31 bits per heavy atom. The Kier molecular flexibility index (Phi) is 5.14. The van der Waals surface area contributed by atoms with Gasteiger partial charge in [-0.1, -0.05) is 45.4 Å². The van der Waals surface area contributed by atoms with E-state index in [9.17, 15) is 14.7 Å². The van der Waals surface area contributed by atoms with Gasteiger partial charge in [0.2, 0.25) is 5.91 Å². The maximum atomic E-state index is 13.3. The smallest absolute Gasteiger partial charge is 0.303 e. The highest BCUT2D eigenvalue weighted by Crippen LogP contribution is 2.65. The predicted octanol–water partition coefficient (Wildman–Crippen LogP) is 4.23. The molecule has 3 rings (SSSR count). The lowest BCUT2D eigenvalue weighted by atomic mass is 9.58. The molecule has 142 valence electrons. The highest BCUT2D eigenvalue weighted by molar-refractivity contribution is 5.88. The number of carboxylic acid groups (broad SMARTS) is 1. The van der Waals surface area contributed by atoms with Crippen molar-refractivity contribution in [3.05, 3.63) is 34.9 Å². The second-order valence-electron chi connectivity index (χ2n) is 8.89. The molecule has 0 saturated heterocycles. The van der Waals surface area contributed by atoms with Crippen LogP contribution in [-0.2, 0) is 9.59 Å². The Bertz CT molecular complexity index is 711. The summed E-state index contributed by atoms with van der Waals surface area (Å²) >= 11 is 0. The van der Waals surface area contributed by atoms with Crippen molar-refractivity contribution in [1.82, 2.24) is 5.32 Å². The normalized spacial score (nSPS) is 30.0. The molecule has 1 amide bonds. The summed E-state index contributed by atoms with van der Waals surface area (Å²) < 4.78 is 0. The largest absolute Gasteiger partial charge is 0.481 e. The highest BCUT2D eigenvalue weighted by Gasteiger charge is 2.58. The van der Waals surface area contributed by atoms with E-state index in [0.29, 0.717) is 18.4 Å². The number of benzene rings is 1. The van der Waals surface area contributed by atoms with Gasteiger partial charge in [-0.25, -0.2) is 0 Å². The van der Waals surface area contributed by atoms with Crippen molar-refractivity contribution < 1.29 is 14.7 Å². The van der Waals surface area contributed by atoms with E-state index in [1.165, 1.54) is 5.56 Å². The molecule has 0 heterocycles. The van der Waals surface area contributed by atoms with E-state index in [4.69, 9.17) is 0 Å². The van der Waals surface area contributed by atoms with Crippen molar-refractivity contribution in [2.45, 2.75) is 65.2 Å². The summed E-state index contributed by atoms with van der Waals surface area (Å²) in [7, 11) is 0. The van der Waals surface area contributed by atoms with Crippen molar-refractivity contribution in [3.8, 4) is 0 Å². The second-order valence-corrected chi connectivity index (χ2v) is 8.89. The van der Waals surface area contributed by atoms with E-state index in [0.717, 1.165) is 30.4 Å². The fourth-order valence-electron chi connectivity index (χ4n) is 5.48. The van der Waals surface area contributed by atoms with Crippen LogP contribution in [0, 0.1) is 24.2 Å². The van der Waals surface area contributed by atoms with Crippen LogP contribution < -0.4 is 5.32 Å². The van der Waals surface area contributed by atoms with Crippen LogP contribution in [-0.4, -0.2) is 23.5 Å². The first kappa shape index (κ1) is 18.9. The fraction of sp³-hybridized carbons (Fsp3) is 0.636. The number of hydrogen-bond acceptors (Lipinski definition) is 2. The van der Waals surface area contributed by atoms with Gasteiger partial charge in [0, 0.05) is 12.0 Å². The third-order valence-electron chi connectivity index (χ3n) is 6.39. The number of fused-ring (bicyclic) bond motifs is 3. The summed E-state index contributed by atoms with van der Waals surface area (Å²) in [4.78, 5) is 25.2. The molecule has 0 bridgehead atoms. The SMILES string of the molecule is Cc1cccc2c1C(C(=O)NCC(C)C)C1(CC(=O)O)CC(C)CCC21. The van der Waals surface area contributed by atoms with Gasteiger partial charge in [0.25, 0.3) is 0 Å². The Hall–Kier alpha value is -1.84. The average Bonchev–Trinajstić information content (AvgIpc) is 2.82. The molecule has 4 unspecified atom stereocenters. The van der Waals surface area contributed by atoms with Crippen molar-refractivity contribution in [2.24, 2.45) is 17.3 Å². The molecule has 0 aliphatic heterocycles. The highest BCUT2D eigenvalue weighted by atomic mass is 16.4. The molecule has 4 nitrogen and oxygen atoms in total. The molecule has 0 spiro atoms. The third-order valence-corrected chi connectivity index (χ3v) is 6.39. The number of rotatable bonds is 5. The molecule has 2 aliphatic carbocycles. The molecule has 1 saturated carbocycles. The van der Waals surface area contributed by atoms with Gasteiger partial charge in [0.05, 0.1) is 12.3 Å². The lowest BCUT2D eigenvalue weighted by molar-refractivity contribution is -0.142. The standard InChI is InChI=1S/C22H31NO3/c1-13(2)12-23-21(26)20-19-15(4)6-5-7-16(19)17-9-8-14(3)10-22(17,20)11-18(24)25/h5-7,13-14,17,20H,8-12H2,1-4H3,(H,23,26)(H,24,25). The number of carbonyl (C=O) groups excluding carboxylic acids is 1. The van der Waals surface area contributed by atoms with Crippen molar-refractivity contribution in [1.29, 1.82) is 0 Å². The maximum absolute atomic E-state index is 13.3. The average molecular weight is 357 g/mol. The molecule has 1 aromatic rings. The van der Waals surface area contributed by atoms with Gasteiger partial charge in [0.15, 0.2) is 0 Å². The maximum Gasteiger partial charge on any atom is 0.303 e. The minimum Gasteiger partial charge on any atom is -0.481 e. The Balaban J connectivity index is 2.12. The zero-order chi connectivity index (χ0) is 19.1. The molecule has 2 N–H and O–H groups in total. The summed E-state index contributed by atoms with van der Waals surface area (Å²) in [5.74, 6) is -0.169. The van der Waals surface area contributed by atoms with Crippen LogP contribution in [0.25, 0.3) is 0 Å². The third kappa shape index (κ3) is 3.15. The molecule has 4 atom stereocenters. The zero-order valence-corrected chi connectivity index (χ0v) is 16.3. The number of hydrogen-bond donors (Lipinski definition) is 2. The number of aryl methyl sites for hydroxylation is 1. The minimum atomic E-state index is -0.795. The van der Waals surface area contributed by atoms with E-state index >= 15 is 0 Å². The lowest BCUT2D eigenvalue weighted by Crippen LogP contribution is -2.44. The Morgan fingerprint density at radius 2 is 2.04 bits per heavy atom. The van der Waals surface area contributed by atoms with E-state index in [2.05, 4.69) is 45.1 Å². The molecule has 26 heavy (non-hydrogen) atoms. The van der Waals surface area contributed by atoms with Crippen molar-refractivity contribution in [2.75, 3.05) is 6.54 Å². The number of amides is 1. The van der Waals surface area contributed by atoms with E-state index < -0.39 is 11.4 Å². The van der Waals surface area contributed by atoms with Crippen LogP contribution >= 0.6 is 0 Å². The van der Waals surface area contributed by atoms with Gasteiger partial charge >= 0.3 is 5.97 Å². The number of aliphatic carboxylic acids is 1. The molecular weight excluding hydrogens is 326 g/mol. The van der Waals surface area contributed by atoms with Gasteiger partial charge in [-0.05, 0) is 54.2 Å². The Morgan fingerprint density at radius 3 is 2.69 bits per heavy atom. The zero-order valence-electron chi connectivity index (χ0n) is 16.3. The first-order valence-corrected chi connectivity index (χ1v) is 9.85. The topological polar surface area (TPSA) is 66.4 Å². The summed E-state index contributed by atoms with van der Waals surface area (Å²) in [5, 5.41) is 12.8. The van der Waals surface area contributed by atoms with Crippen molar-refractivity contribution >= 4 is 11.9 Å². The summed E-state index contributed by atoms with van der Waals surface area (Å²) in [5.41, 5.74) is 2.91. The van der Waals surface area contributed by atoms with Gasteiger partial charge in [-0.3, -0.25) is 9.59 Å². The fourth-order valence-corrected chi connectivity index (χ4v) is 5.48. The van der Waals surface area contributed by atoms with Crippen LogP contribution in [0.3, 0.4) is 0 Å². The van der Waals surface area contributed by atoms with Crippen LogP contribution in [0.4, 0.5) is 0 Å². The number of carbonyl (C=O) groups is 2. The molecule has 4 heteroatoms. The number of nitrogens with one attached hydrogen (secondary N) is 1. The summed E-state index contributed by atoms with van der Waals surface area (Å²) in [6, 6.07) is 6.22. The van der Waals surface area contributed by atoms with Crippen LogP contribution in [0.5, 0.6) is 0 Å². The monoisotopic (exact) mass is 357 g/mol. The predicted molar refractivity (Wildman–Crippen MR) is 102 cm³/mol. The quantitative estimate of drug-likeness (QED) is 0.829. The van der Waals surface area contributed by atoms with Gasteiger partial charge in [0.1, 0.15) is 0 Å². The summed E-state index contributed by atoms with van der Waals surface area (Å²) in [6.45, 7) is 9.02. The van der Waals surface area contributed by atoms with E-state index in [1.807, 2.05) is 6.07 Å². The number of carboxylic acids is 1. The first-order chi connectivity index (χ1) is 12.3. The molecule has 2 aliphatic rings. The molecular formula is C22H31NO3. The minimum absolute atomic E-state index is 0.00657. The van der Waals surface area contributed by atoms with Crippen molar-refractivity contribution in [3.63, 3.8) is 0 Å². The molecule has 1 aromatic carbocycles. The van der Waals surface area contributed by atoms with Crippen LogP contribution in [0.1, 0.15) is 75.0 Å². The molecule has 1 fully saturated rings. The van der Waals surface area contributed by atoms with E-state index in [-0.39, 0.29) is 24.2 Å². The second kappa shape index (κ2) is 7.05. The van der Waals surface area contributed by atoms with Gasteiger partial charge in [-0.2, -0.15) is 0 Å². The van der Waals surface area contributed by atoms with Gasteiger partial charge < -0.3 is 10.4 Å². The van der Waals surface area contributed by atoms with Crippen LogP contribution in [0.2, 0.25) is 0 Å². The lowest BCUT2D eigenvalue weighted by Gasteiger charge is -2.45. The summed E-state index contributed by atoms with van der Waals surface area (Å²) in [6.07, 6.45) is 2.94. The molecule has 0 radical (unpaired) electrons. The van der Waals surface area contributed by atoms with Crippen LogP contribution in [0.15, 0.2) is 18.2 Å². The van der Waals surface area contributed by atoms with E-state index in [1.54, 1.807) is 0 Å². The first-order valence-electron chi connectivity index (χ1n) is 9.85. The molecule has 0 aromatic heterocycles. The van der Waals surface area contributed by atoms with Gasteiger partial charge in [-0.15, -0.1) is 0 Å².